The second-order valence-corrected chi connectivity index (χ2v) is 3.89. The average molecular weight is 264 g/mol. The van der Waals surface area contributed by atoms with Gasteiger partial charge in [0.05, 0.1) is 12.6 Å². The first-order valence-electron chi connectivity index (χ1n) is 5.80. The summed E-state index contributed by atoms with van der Waals surface area (Å²) in [5, 5.41) is 2.30. The maximum Gasteiger partial charge on any atom is 0.125 e. The molecule has 0 aliphatic carbocycles. The molecule has 0 fully saturated rings. The molecule has 0 saturated carbocycles. The van der Waals surface area contributed by atoms with Crippen molar-refractivity contribution < 1.29 is 4.74 Å². The molecule has 0 amide bonds. The van der Waals surface area contributed by atoms with Gasteiger partial charge in [0, 0.05) is 5.56 Å². The lowest BCUT2D eigenvalue weighted by atomic mass is 9.98. The summed E-state index contributed by atoms with van der Waals surface area (Å²) < 4.78 is 5.64. The van der Waals surface area contributed by atoms with Crippen LogP contribution in [0.5, 0.6) is 5.75 Å². The van der Waals surface area contributed by atoms with Gasteiger partial charge in [-0.1, -0.05) is 36.4 Å². The van der Waals surface area contributed by atoms with Crippen LogP contribution in [0, 0.1) is 0 Å². The van der Waals surface area contributed by atoms with Crippen LogP contribution in [0.1, 0.15) is 18.5 Å². The molecular formula is C15H18ClNO. The Hall–Kier alpha value is -1.51. The third-order valence-corrected chi connectivity index (χ3v) is 2.82. The minimum atomic E-state index is -0.206. The lowest BCUT2D eigenvalue weighted by Crippen LogP contribution is -2.09. The number of benzene rings is 2. The SMILES string of the molecule is C=C[C@@H](N)c1c(OCC)ccc2ccccc12.Cl. The van der Waals surface area contributed by atoms with Crippen LogP contribution < -0.4 is 10.5 Å². The highest BCUT2D eigenvalue weighted by Crippen LogP contribution is 2.32. The van der Waals surface area contributed by atoms with Crippen molar-refractivity contribution in [3.63, 3.8) is 0 Å². The van der Waals surface area contributed by atoms with Crippen molar-refractivity contribution in [3.05, 3.63) is 54.6 Å². The largest absolute Gasteiger partial charge is 0.494 e. The van der Waals surface area contributed by atoms with Gasteiger partial charge in [0.15, 0.2) is 0 Å². The van der Waals surface area contributed by atoms with Gasteiger partial charge < -0.3 is 10.5 Å². The fourth-order valence-electron chi connectivity index (χ4n) is 2.02. The summed E-state index contributed by atoms with van der Waals surface area (Å²) in [6.07, 6.45) is 1.74. The topological polar surface area (TPSA) is 35.2 Å². The van der Waals surface area contributed by atoms with E-state index in [-0.39, 0.29) is 18.4 Å². The van der Waals surface area contributed by atoms with E-state index in [9.17, 15) is 0 Å². The number of ether oxygens (including phenoxy) is 1. The van der Waals surface area contributed by atoms with Crippen LogP contribution in [0.15, 0.2) is 49.1 Å². The fraction of sp³-hybridized carbons (Fsp3) is 0.200. The summed E-state index contributed by atoms with van der Waals surface area (Å²) >= 11 is 0. The van der Waals surface area contributed by atoms with Gasteiger partial charge in [-0.3, -0.25) is 0 Å². The van der Waals surface area contributed by atoms with Gasteiger partial charge in [0.1, 0.15) is 5.75 Å². The molecule has 1 atom stereocenters. The number of rotatable bonds is 4. The molecule has 0 radical (unpaired) electrons. The van der Waals surface area contributed by atoms with E-state index >= 15 is 0 Å². The summed E-state index contributed by atoms with van der Waals surface area (Å²) in [5.74, 6) is 0.846. The summed E-state index contributed by atoms with van der Waals surface area (Å²) in [5.41, 5.74) is 7.11. The molecule has 3 heteroatoms. The highest BCUT2D eigenvalue weighted by atomic mass is 35.5. The maximum absolute atomic E-state index is 6.09. The van der Waals surface area contributed by atoms with Crippen LogP contribution in [0.2, 0.25) is 0 Å². The van der Waals surface area contributed by atoms with Crippen molar-refractivity contribution in [3.8, 4) is 5.75 Å². The van der Waals surface area contributed by atoms with Gasteiger partial charge in [-0.2, -0.15) is 0 Å². The third-order valence-electron chi connectivity index (χ3n) is 2.82. The molecule has 18 heavy (non-hydrogen) atoms. The van der Waals surface area contributed by atoms with Crippen molar-refractivity contribution in [1.82, 2.24) is 0 Å². The fourth-order valence-corrected chi connectivity index (χ4v) is 2.02. The molecule has 2 aromatic rings. The van der Waals surface area contributed by atoms with Crippen molar-refractivity contribution in [2.24, 2.45) is 5.73 Å². The second-order valence-electron chi connectivity index (χ2n) is 3.89. The van der Waals surface area contributed by atoms with Gasteiger partial charge >= 0.3 is 0 Å². The van der Waals surface area contributed by atoms with Crippen molar-refractivity contribution in [2.45, 2.75) is 13.0 Å². The average Bonchev–Trinajstić information content (AvgIpc) is 2.38. The minimum absolute atomic E-state index is 0. The van der Waals surface area contributed by atoms with E-state index in [1.54, 1.807) is 6.08 Å². The number of halogens is 1. The molecule has 0 heterocycles. The number of hydrogen-bond donors (Lipinski definition) is 1. The first-order chi connectivity index (χ1) is 8.27. The van der Waals surface area contributed by atoms with Gasteiger partial charge in [-0.15, -0.1) is 19.0 Å². The van der Waals surface area contributed by atoms with Gasteiger partial charge in [0.25, 0.3) is 0 Å². The van der Waals surface area contributed by atoms with E-state index < -0.39 is 0 Å². The Morgan fingerprint density at radius 3 is 2.67 bits per heavy atom. The highest BCUT2D eigenvalue weighted by Gasteiger charge is 2.13. The molecule has 0 aliphatic rings. The Balaban J connectivity index is 0.00000162. The lowest BCUT2D eigenvalue weighted by molar-refractivity contribution is 0.336. The molecule has 0 spiro atoms. The van der Waals surface area contributed by atoms with Gasteiger partial charge in [-0.05, 0) is 23.8 Å². The molecule has 2 rings (SSSR count). The first kappa shape index (κ1) is 14.6. The van der Waals surface area contributed by atoms with E-state index in [2.05, 4.69) is 24.8 Å². The smallest absolute Gasteiger partial charge is 0.125 e. The molecule has 2 nitrogen and oxygen atoms in total. The van der Waals surface area contributed by atoms with E-state index in [4.69, 9.17) is 10.5 Å². The molecule has 0 aromatic heterocycles. The zero-order valence-electron chi connectivity index (χ0n) is 10.4. The molecule has 0 bridgehead atoms. The maximum atomic E-state index is 6.09. The molecule has 2 N–H and O–H groups in total. The summed E-state index contributed by atoms with van der Waals surface area (Å²) in [6, 6.07) is 12.0. The van der Waals surface area contributed by atoms with E-state index in [0.717, 1.165) is 16.7 Å². The molecule has 2 aromatic carbocycles. The van der Waals surface area contributed by atoms with E-state index in [0.29, 0.717) is 6.61 Å². The van der Waals surface area contributed by atoms with E-state index in [1.165, 1.54) is 5.39 Å². The first-order valence-corrected chi connectivity index (χ1v) is 5.80. The Labute approximate surface area is 114 Å². The van der Waals surface area contributed by atoms with Crippen LogP contribution in [0.25, 0.3) is 10.8 Å². The zero-order chi connectivity index (χ0) is 12.3. The normalized spacial score (nSPS) is 11.7. The number of hydrogen-bond acceptors (Lipinski definition) is 2. The van der Waals surface area contributed by atoms with Crippen LogP contribution in [0.4, 0.5) is 0 Å². The van der Waals surface area contributed by atoms with Crippen molar-refractivity contribution in [1.29, 1.82) is 0 Å². The predicted octanol–water partition coefficient (Wildman–Crippen LogP) is 3.85. The van der Waals surface area contributed by atoms with Crippen LogP contribution in [0.3, 0.4) is 0 Å². The summed E-state index contributed by atoms with van der Waals surface area (Å²) in [7, 11) is 0. The quantitative estimate of drug-likeness (QED) is 0.851. The summed E-state index contributed by atoms with van der Waals surface area (Å²) in [4.78, 5) is 0. The summed E-state index contributed by atoms with van der Waals surface area (Å²) in [6.45, 7) is 6.37. The van der Waals surface area contributed by atoms with Gasteiger partial charge in [-0.25, -0.2) is 0 Å². The second kappa shape index (κ2) is 6.43. The third kappa shape index (κ3) is 2.66. The van der Waals surface area contributed by atoms with Crippen molar-refractivity contribution in [2.75, 3.05) is 6.61 Å². The Morgan fingerprint density at radius 2 is 2.00 bits per heavy atom. The Morgan fingerprint density at radius 1 is 1.28 bits per heavy atom. The standard InChI is InChI=1S/C15H17NO.ClH/c1-3-13(16)15-12-8-6-5-7-11(12)9-10-14(15)17-4-2;/h3,5-10,13H,1,4,16H2,2H3;1H/t13-;/m1./s1. The molecule has 0 unspecified atom stereocenters. The van der Waals surface area contributed by atoms with Crippen LogP contribution in [-0.2, 0) is 0 Å². The van der Waals surface area contributed by atoms with Gasteiger partial charge in [0.2, 0.25) is 0 Å². The van der Waals surface area contributed by atoms with Crippen LogP contribution >= 0.6 is 12.4 Å². The molecular weight excluding hydrogens is 246 g/mol. The van der Waals surface area contributed by atoms with Crippen LogP contribution in [-0.4, -0.2) is 6.61 Å². The van der Waals surface area contributed by atoms with Crippen molar-refractivity contribution >= 4 is 23.2 Å². The lowest BCUT2D eigenvalue weighted by Gasteiger charge is -2.16. The van der Waals surface area contributed by atoms with E-state index in [1.807, 2.05) is 25.1 Å². The molecule has 0 saturated heterocycles. The number of fused-ring (bicyclic) bond motifs is 1. The Kier molecular flexibility index (Phi) is 5.20. The highest BCUT2D eigenvalue weighted by molar-refractivity contribution is 5.88. The monoisotopic (exact) mass is 263 g/mol. The Bertz CT molecular complexity index is 539. The predicted molar refractivity (Wildman–Crippen MR) is 79.5 cm³/mol. The molecule has 96 valence electrons. The minimum Gasteiger partial charge on any atom is -0.494 e. The number of nitrogens with two attached hydrogens (primary N) is 1. The molecule has 0 aliphatic heterocycles. The zero-order valence-corrected chi connectivity index (χ0v) is 11.2.